The van der Waals surface area contributed by atoms with Gasteiger partial charge in [-0.2, -0.15) is 15.3 Å². The summed E-state index contributed by atoms with van der Waals surface area (Å²) in [5.74, 6) is 1.22. The lowest BCUT2D eigenvalue weighted by Crippen LogP contribution is -2.24. The van der Waals surface area contributed by atoms with Gasteiger partial charge < -0.3 is 5.73 Å². The van der Waals surface area contributed by atoms with Crippen molar-refractivity contribution >= 4 is 5.95 Å². The Bertz CT molecular complexity index is 664. The van der Waals surface area contributed by atoms with Crippen LogP contribution in [-0.2, 0) is 13.6 Å². The minimum Gasteiger partial charge on any atom is -0.368 e. The molecule has 1 atom stereocenters. The predicted molar refractivity (Wildman–Crippen MR) is 79.0 cm³/mol. The molecular formula is C15H18N6. The lowest BCUT2D eigenvalue weighted by molar-refractivity contribution is 0.239. The topological polar surface area (TPSA) is 83.8 Å². The van der Waals surface area contributed by atoms with Crippen molar-refractivity contribution < 1.29 is 0 Å². The van der Waals surface area contributed by atoms with E-state index in [0.29, 0.717) is 5.95 Å². The average molecular weight is 282 g/mol. The van der Waals surface area contributed by atoms with Crippen LogP contribution >= 0.6 is 0 Å². The van der Waals surface area contributed by atoms with E-state index in [1.807, 2.05) is 24.3 Å². The third-order valence-electron chi connectivity index (χ3n) is 3.99. The van der Waals surface area contributed by atoms with Gasteiger partial charge in [-0.1, -0.05) is 18.2 Å². The molecule has 1 saturated heterocycles. The van der Waals surface area contributed by atoms with Gasteiger partial charge in [0.2, 0.25) is 5.95 Å². The molecule has 0 bridgehead atoms. The van der Waals surface area contributed by atoms with E-state index in [9.17, 15) is 5.26 Å². The first kappa shape index (κ1) is 13.6. The minimum absolute atomic E-state index is 0.181. The number of nitrogen functional groups attached to an aromatic ring is 1. The molecule has 1 aliphatic heterocycles. The summed E-state index contributed by atoms with van der Waals surface area (Å²) >= 11 is 0. The second kappa shape index (κ2) is 5.54. The van der Waals surface area contributed by atoms with Crippen molar-refractivity contribution in [1.82, 2.24) is 19.7 Å². The van der Waals surface area contributed by atoms with Gasteiger partial charge in [0.25, 0.3) is 0 Å². The molecule has 21 heavy (non-hydrogen) atoms. The highest BCUT2D eigenvalue weighted by atomic mass is 15.4. The van der Waals surface area contributed by atoms with Crippen molar-refractivity contribution in [2.45, 2.75) is 25.4 Å². The molecule has 1 aromatic carbocycles. The van der Waals surface area contributed by atoms with E-state index in [4.69, 9.17) is 5.73 Å². The van der Waals surface area contributed by atoms with Gasteiger partial charge in [0.05, 0.1) is 17.7 Å². The standard InChI is InChI=1S/C15H18N6/c1-20-15(17)18-14(19-20)13-7-4-8-21(13)10-12-6-3-2-5-11(12)9-16/h2-3,5-6,13H,4,7-8,10H2,1H3,(H2,17,18,19)/t13-/m0/s1. The van der Waals surface area contributed by atoms with E-state index in [0.717, 1.165) is 42.9 Å². The van der Waals surface area contributed by atoms with E-state index < -0.39 is 0 Å². The first-order valence-corrected chi connectivity index (χ1v) is 7.07. The van der Waals surface area contributed by atoms with Crippen LogP contribution in [-0.4, -0.2) is 26.2 Å². The number of aromatic nitrogens is 3. The van der Waals surface area contributed by atoms with Gasteiger partial charge in [-0.3, -0.25) is 4.90 Å². The number of rotatable bonds is 3. The highest BCUT2D eigenvalue weighted by Crippen LogP contribution is 2.32. The normalized spacial score (nSPS) is 18.8. The zero-order valence-corrected chi connectivity index (χ0v) is 12.0. The third kappa shape index (κ3) is 2.60. The van der Waals surface area contributed by atoms with Crippen molar-refractivity contribution in [3.05, 3.63) is 41.2 Å². The Morgan fingerprint density at radius 3 is 2.95 bits per heavy atom. The van der Waals surface area contributed by atoms with E-state index in [2.05, 4.69) is 21.1 Å². The Hall–Kier alpha value is -2.39. The lowest BCUT2D eigenvalue weighted by Gasteiger charge is -2.22. The summed E-state index contributed by atoms with van der Waals surface area (Å²) in [6.07, 6.45) is 2.13. The Balaban J connectivity index is 1.83. The second-order valence-electron chi connectivity index (χ2n) is 5.35. The predicted octanol–water partition coefficient (Wildman–Crippen LogP) is 1.61. The number of hydrogen-bond donors (Lipinski definition) is 1. The smallest absolute Gasteiger partial charge is 0.218 e. The fraction of sp³-hybridized carbons (Fsp3) is 0.400. The van der Waals surface area contributed by atoms with E-state index >= 15 is 0 Å². The molecule has 2 N–H and O–H groups in total. The first-order chi connectivity index (χ1) is 10.2. The molecular weight excluding hydrogens is 264 g/mol. The molecule has 6 nitrogen and oxygen atoms in total. The van der Waals surface area contributed by atoms with Crippen molar-refractivity contribution in [1.29, 1.82) is 5.26 Å². The molecule has 0 amide bonds. The number of nitrogens with two attached hydrogens (primary N) is 1. The van der Waals surface area contributed by atoms with Crippen LogP contribution in [0.5, 0.6) is 0 Å². The fourth-order valence-corrected chi connectivity index (χ4v) is 2.85. The maximum atomic E-state index is 9.20. The monoisotopic (exact) mass is 282 g/mol. The zero-order chi connectivity index (χ0) is 14.8. The van der Waals surface area contributed by atoms with Gasteiger partial charge in [-0.25, -0.2) is 4.68 Å². The summed E-state index contributed by atoms with van der Waals surface area (Å²) in [5, 5.41) is 13.6. The zero-order valence-electron chi connectivity index (χ0n) is 12.0. The van der Waals surface area contributed by atoms with Gasteiger partial charge in [-0.05, 0) is 31.0 Å². The number of nitrogens with zero attached hydrogens (tertiary/aromatic N) is 5. The van der Waals surface area contributed by atoms with Crippen LogP contribution in [0.4, 0.5) is 5.95 Å². The molecule has 2 heterocycles. The van der Waals surface area contributed by atoms with Crippen LogP contribution in [0.25, 0.3) is 0 Å². The average Bonchev–Trinajstić information content (AvgIpc) is 3.07. The van der Waals surface area contributed by atoms with Gasteiger partial charge in [0, 0.05) is 13.6 Å². The van der Waals surface area contributed by atoms with Gasteiger partial charge in [0.1, 0.15) is 0 Å². The molecule has 0 unspecified atom stereocenters. The third-order valence-corrected chi connectivity index (χ3v) is 3.99. The number of nitriles is 1. The van der Waals surface area contributed by atoms with E-state index in [1.54, 1.807) is 11.7 Å². The summed E-state index contributed by atoms with van der Waals surface area (Å²) in [6, 6.07) is 10.2. The van der Waals surface area contributed by atoms with Crippen molar-refractivity contribution in [2.24, 2.45) is 7.05 Å². The number of likely N-dealkylation sites (tertiary alicyclic amines) is 1. The van der Waals surface area contributed by atoms with Crippen molar-refractivity contribution in [3.63, 3.8) is 0 Å². The molecule has 1 aromatic heterocycles. The molecule has 0 saturated carbocycles. The summed E-state index contributed by atoms with van der Waals surface area (Å²) < 4.78 is 1.61. The highest BCUT2D eigenvalue weighted by molar-refractivity contribution is 5.37. The number of anilines is 1. The fourth-order valence-electron chi connectivity index (χ4n) is 2.85. The number of hydrogen-bond acceptors (Lipinski definition) is 5. The SMILES string of the molecule is Cn1nc([C@@H]2CCCN2Cc2ccccc2C#N)nc1N. The molecule has 0 radical (unpaired) electrons. The Kier molecular flexibility index (Phi) is 3.59. The Morgan fingerprint density at radius 1 is 1.43 bits per heavy atom. The molecule has 2 aromatic rings. The van der Waals surface area contributed by atoms with Crippen LogP contribution in [0.15, 0.2) is 24.3 Å². The van der Waals surface area contributed by atoms with Crippen LogP contribution < -0.4 is 5.73 Å². The van der Waals surface area contributed by atoms with Crippen LogP contribution in [0.1, 0.15) is 35.8 Å². The quantitative estimate of drug-likeness (QED) is 0.924. The summed E-state index contributed by atoms with van der Waals surface area (Å²) in [7, 11) is 1.80. The number of benzene rings is 1. The van der Waals surface area contributed by atoms with Crippen LogP contribution in [0.3, 0.4) is 0 Å². The molecule has 108 valence electrons. The second-order valence-corrected chi connectivity index (χ2v) is 5.35. The maximum Gasteiger partial charge on any atom is 0.218 e. The van der Waals surface area contributed by atoms with Gasteiger partial charge in [-0.15, -0.1) is 0 Å². The minimum atomic E-state index is 0.181. The van der Waals surface area contributed by atoms with E-state index in [1.165, 1.54) is 0 Å². The Morgan fingerprint density at radius 2 is 2.24 bits per heavy atom. The van der Waals surface area contributed by atoms with E-state index in [-0.39, 0.29) is 6.04 Å². The Labute approximate surface area is 123 Å². The maximum absolute atomic E-state index is 9.20. The van der Waals surface area contributed by atoms with Crippen LogP contribution in [0.2, 0.25) is 0 Å². The largest absolute Gasteiger partial charge is 0.368 e. The summed E-state index contributed by atoms with van der Waals surface area (Å²) in [4.78, 5) is 6.67. The molecule has 0 spiro atoms. The number of aryl methyl sites for hydroxylation is 1. The molecule has 0 aliphatic carbocycles. The van der Waals surface area contributed by atoms with Gasteiger partial charge in [0.15, 0.2) is 5.82 Å². The molecule has 1 fully saturated rings. The molecule has 3 rings (SSSR count). The van der Waals surface area contributed by atoms with Crippen molar-refractivity contribution in [2.75, 3.05) is 12.3 Å². The highest BCUT2D eigenvalue weighted by Gasteiger charge is 2.29. The lowest BCUT2D eigenvalue weighted by atomic mass is 10.1. The summed E-state index contributed by atoms with van der Waals surface area (Å²) in [5.41, 5.74) is 7.56. The molecule has 1 aliphatic rings. The molecule has 6 heteroatoms. The summed E-state index contributed by atoms with van der Waals surface area (Å²) in [6.45, 7) is 1.73. The van der Waals surface area contributed by atoms with Crippen molar-refractivity contribution in [3.8, 4) is 6.07 Å². The van der Waals surface area contributed by atoms with Gasteiger partial charge >= 0.3 is 0 Å². The first-order valence-electron chi connectivity index (χ1n) is 7.07. The van der Waals surface area contributed by atoms with Crippen LogP contribution in [0, 0.1) is 11.3 Å².